The van der Waals surface area contributed by atoms with E-state index in [0.717, 1.165) is 24.1 Å². The number of hydroxylamine groups is 1. The first-order valence-electron chi connectivity index (χ1n) is 9.38. The Morgan fingerprint density at radius 3 is 2.11 bits per heavy atom. The van der Waals surface area contributed by atoms with Gasteiger partial charge in [0.05, 0.1) is 0 Å². The SMILES string of the molecule is CCc1ccc(-c2ccc(C(=O)N[C@@H](CNCCNC)C(=O)NO)cc2)cc1. The molecular weight excluding hydrogens is 356 g/mol. The molecule has 0 unspecified atom stereocenters. The summed E-state index contributed by atoms with van der Waals surface area (Å²) in [6.07, 6.45) is 0.992. The quantitative estimate of drug-likeness (QED) is 0.242. The molecule has 0 aliphatic rings. The van der Waals surface area contributed by atoms with Crippen LogP contribution >= 0.6 is 0 Å². The van der Waals surface area contributed by atoms with Gasteiger partial charge in [-0.2, -0.15) is 0 Å². The lowest BCUT2D eigenvalue weighted by Gasteiger charge is -2.17. The van der Waals surface area contributed by atoms with Crippen LogP contribution < -0.4 is 21.4 Å². The number of hydrogen-bond donors (Lipinski definition) is 5. The second-order valence-electron chi connectivity index (χ2n) is 6.44. The number of likely N-dealkylation sites (N-methyl/N-ethyl adjacent to an activating group) is 1. The Morgan fingerprint density at radius 1 is 0.964 bits per heavy atom. The molecule has 5 N–H and O–H groups in total. The monoisotopic (exact) mass is 384 g/mol. The summed E-state index contributed by atoms with van der Waals surface area (Å²) in [5.74, 6) is -1.05. The normalized spacial score (nSPS) is 11.7. The van der Waals surface area contributed by atoms with Gasteiger partial charge in [0.25, 0.3) is 11.8 Å². The van der Waals surface area contributed by atoms with Gasteiger partial charge >= 0.3 is 0 Å². The standard InChI is InChI=1S/C21H28N4O3/c1-3-15-4-6-16(7-5-15)17-8-10-18(11-9-17)20(26)24-19(21(27)25-28)14-23-13-12-22-2/h4-11,19,22-23,28H,3,12-14H2,1-2H3,(H,24,26)(H,25,27)/t19-/m0/s1. The van der Waals surface area contributed by atoms with Crippen LogP contribution in [0.15, 0.2) is 48.5 Å². The van der Waals surface area contributed by atoms with Crippen molar-refractivity contribution in [2.75, 3.05) is 26.7 Å². The van der Waals surface area contributed by atoms with E-state index in [1.54, 1.807) is 17.6 Å². The Morgan fingerprint density at radius 2 is 1.57 bits per heavy atom. The Labute approximate surface area is 165 Å². The topological polar surface area (TPSA) is 102 Å². The van der Waals surface area contributed by atoms with E-state index in [2.05, 4.69) is 47.1 Å². The molecule has 0 spiro atoms. The lowest BCUT2D eigenvalue weighted by atomic mass is 10.0. The molecule has 7 heteroatoms. The van der Waals surface area contributed by atoms with E-state index in [1.807, 2.05) is 19.2 Å². The lowest BCUT2D eigenvalue weighted by molar-refractivity contribution is -0.131. The third-order valence-corrected chi connectivity index (χ3v) is 4.47. The highest BCUT2D eigenvalue weighted by atomic mass is 16.5. The van der Waals surface area contributed by atoms with Gasteiger partial charge in [0.2, 0.25) is 0 Å². The summed E-state index contributed by atoms with van der Waals surface area (Å²) in [4.78, 5) is 24.3. The minimum Gasteiger partial charge on any atom is -0.339 e. The fourth-order valence-corrected chi connectivity index (χ4v) is 2.74. The van der Waals surface area contributed by atoms with Gasteiger partial charge < -0.3 is 16.0 Å². The van der Waals surface area contributed by atoms with E-state index < -0.39 is 11.9 Å². The third kappa shape index (κ3) is 6.16. The van der Waals surface area contributed by atoms with Crippen LogP contribution in [0.1, 0.15) is 22.8 Å². The average Bonchev–Trinajstić information content (AvgIpc) is 2.75. The van der Waals surface area contributed by atoms with E-state index in [0.29, 0.717) is 12.1 Å². The van der Waals surface area contributed by atoms with Crippen molar-refractivity contribution in [3.05, 3.63) is 59.7 Å². The maximum absolute atomic E-state index is 12.5. The van der Waals surface area contributed by atoms with Crippen LogP contribution in [-0.2, 0) is 11.2 Å². The highest BCUT2D eigenvalue weighted by Crippen LogP contribution is 2.20. The summed E-state index contributed by atoms with van der Waals surface area (Å²) in [7, 11) is 1.82. The molecule has 2 rings (SSSR count). The molecule has 2 aromatic carbocycles. The largest absolute Gasteiger partial charge is 0.339 e. The Kier molecular flexibility index (Phi) is 8.61. The molecule has 1 atom stereocenters. The molecule has 2 aromatic rings. The lowest BCUT2D eigenvalue weighted by Crippen LogP contribution is -2.51. The molecular formula is C21H28N4O3. The smallest absolute Gasteiger partial charge is 0.267 e. The van der Waals surface area contributed by atoms with Crippen molar-refractivity contribution in [1.29, 1.82) is 0 Å². The second-order valence-corrected chi connectivity index (χ2v) is 6.44. The molecule has 0 saturated heterocycles. The van der Waals surface area contributed by atoms with Crippen LogP contribution in [0.3, 0.4) is 0 Å². The van der Waals surface area contributed by atoms with Gasteiger partial charge in [0.15, 0.2) is 0 Å². The summed E-state index contributed by atoms with van der Waals surface area (Å²) in [5, 5.41) is 17.6. The van der Waals surface area contributed by atoms with E-state index in [9.17, 15) is 9.59 Å². The fourth-order valence-electron chi connectivity index (χ4n) is 2.74. The number of amides is 2. The van der Waals surface area contributed by atoms with E-state index in [4.69, 9.17) is 5.21 Å². The molecule has 150 valence electrons. The van der Waals surface area contributed by atoms with Crippen molar-refractivity contribution in [3.63, 3.8) is 0 Å². The number of hydrogen-bond acceptors (Lipinski definition) is 5. The molecule has 0 saturated carbocycles. The maximum atomic E-state index is 12.5. The first kappa shape index (κ1) is 21.6. The Balaban J connectivity index is 2.02. The minimum absolute atomic E-state index is 0.210. The highest BCUT2D eigenvalue weighted by Gasteiger charge is 2.20. The Bertz CT molecular complexity index is 760. The molecule has 0 bridgehead atoms. The molecule has 0 aliphatic carbocycles. The number of carbonyl (C=O) groups excluding carboxylic acids is 2. The van der Waals surface area contributed by atoms with Gasteiger partial charge in [0, 0.05) is 25.2 Å². The van der Waals surface area contributed by atoms with Gasteiger partial charge in [0.1, 0.15) is 6.04 Å². The van der Waals surface area contributed by atoms with E-state index in [1.165, 1.54) is 5.56 Å². The van der Waals surface area contributed by atoms with Crippen molar-refractivity contribution in [1.82, 2.24) is 21.4 Å². The van der Waals surface area contributed by atoms with Crippen LogP contribution in [0.25, 0.3) is 11.1 Å². The van der Waals surface area contributed by atoms with Gasteiger partial charge in [-0.25, -0.2) is 5.48 Å². The molecule has 0 fully saturated rings. The van der Waals surface area contributed by atoms with Crippen molar-refractivity contribution in [2.45, 2.75) is 19.4 Å². The fraction of sp³-hybridized carbons (Fsp3) is 0.333. The zero-order chi connectivity index (χ0) is 20.4. The van der Waals surface area contributed by atoms with Crippen molar-refractivity contribution in [2.24, 2.45) is 0 Å². The number of rotatable bonds is 10. The Hall–Kier alpha value is -2.74. The summed E-state index contributed by atoms with van der Waals surface area (Å²) in [6, 6.07) is 14.6. The van der Waals surface area contributed by atoms with Crippen LogP contribution in [0, 0.1) is 0 Å². The highest BCUT2D eigenvalue weighted by molar-refractivity contribution is 5.97. The van der Waals surface area contributed by atoms with Crippen LogP contribution in [0.4, 0.5) is 0 Å². The van der Waals surface area contributed by atoms with Crippen LogP contribution in [0.5, 0.6) is 0 Å². The van der Waals surface area contributed by atoms with Crippen molar-refractivity contribution >= 4 is 11.8 Å². The molecule has 0 radical (unpaired) electrons. The first-order valence-corrected chi connectivity index (χ1v) is 9.38. The number of carbonyl (C=O) groups is 2. The predicted molar refractivity (Wildman–Crippen MR) is 109 cm³/mol. The minimum atomic E-state index is -0.879. The maximum Gasteiger partial charge on any atom is 0.267 e. The number of benzene rings is 2. The van der Waals surface area contributed by atoms with Crippen molar-refractivity contribution in [3.8, 4) is 11.1 Å². The second kappa shape index (κ2) is 11.2. The number of aryl methyl sites for hydroxylation is 1. The zero-order valence-corrected chi connectivity index (χ0v) is 16.3. The average molecular weight is 384 g/mol. The molecule has 7 nitrogen and oxygen atoms in total. The van der Waals surface area contributed by atoms with E-state index in [-0.39, 0.29) is 12.5 Å². The van der Waals surface area contributed by atoms with Crippen LogP contribution in [0.2, 0.25) is 0 Å². The summed E-state index contributed by atoms with van der Waals surface area (Å²) < 4.78 is 0. The van der Waals surface area contributed by atoms with Gasteiger partial charge in [-0.1, -0.05) is 43.3 Å². The van der Waals surface area contributed by atoms with Gasteiger partial charge in [-0.3, -0.25) is 14.8 Å². The van der Waals surface area contributed by atoms with Crippen molar-refractivity contribution < 1.29 is 14.8 Å². The van der Waals surface area contributed by atoms with E-state index >= 15 is 0 Å². The number of nitrogens with one attached hydrogen (secondary N) is 4. The first-order chi connectivity index (χ1) is 13.6. The van der Waals surface area contributed by atoms with Gasteiger partial charge in [-0.05, 0) is 42.3 Å². The molecule has 28 heavy (non-hydrogen) atoms. The summed E-state index contributed by atoms with van der Waals surface area (Å²) in [5.41, 5.74) is 5.40. The summed E-state index contributed by atoms with van der Waals surface area (Å²) in [6.45, 7) is 3.68. The molecule has 0 aliphatic heterocycles. The molecule has 0 heterocycles. The third-order valence-electron chi connectivity index (χ3n) is 4.47. The van der Waals surface area contributed by atoms with Gasteiger partial charge in [-0.15, -0.1) is 0 Å². The zero-order valence-electron chi connectivity index (χ0n) is 16.3. The molecule has 0 aromatic heterocycles. The summed E-state index contributed by atoms with van der Waals surface area (Å²) >= 11 is 0. The predicted octanol–water partition coefficient (Wildman–Crippen LogP) is 1.33. The molecule has 2 amide bonds. The van der Waals surface area contributed by atoms with Crippen LogP contribution in [-0.4, -0.2) is 49.7 Å².